The van der Waals surface area contributed by atoms with Gasteiger partial charge in [-0.05, 0) is 50.4 Å². The van der Waals surface area contributed by atoms with Gasteiger partial charge in [-0.15, -0.1) is 0 Å². The monoisotopic (exact) mass is 421 g/mol. The molecule has 0 radical (unpaired) electrons. The fraction of sp³-hybridized carbons (Fsp3) is 0.500. The van der Waals surface area contributed by atoms with Crippen LogP contribution < -0.4 is 17.0 Å². The van der Waals surface area contributed by atoms with Gasteiger partial charge in [0.2, 0.25) is 15.9 Å². The largest absolute Gasteiger partial charge is 0.368 e. The molecule has 1 unspecified atom stereocenters. The zero-order chi connectivity index (χ0) is 20.8. The van der Waals surface area contributed by atoms with E-state index in [0.29, 0.717) is 25.9 Å². The summed E-state index contributed by atoms with van der Waals surface area (Å²) in [7, 11) is -3.78. The van der Waals surface area contributed by atoms with E-state index in [1.807, 2.05) is 0 Å². The Labute approximate surface area is 166 Å². The highest BCUT2D eigenvalue weighted by Crippen LogP contribution is 2.28. The Morgan fingerprint density at radius 1 is 1.07 bits per heavy atom. The summed E-state index contributed by atoms with van der Waals surface area (Å²) >= 11 is 0. The van der Waals surface area contributed by atoms with Crippen molar-refractivity contribution < 1.29 is 13.2 Å². The predicted octanol–water partition coefficient (Wildman–Crippen LogP) is -0.681. The van der Waals surface area contributed by atoms with Gasteiger partial charge in [0.05, 0.1) is 21.8 Å². The molecule has 0 spiro atoms. The number of H-pyrrole nitrogens is 2. The van der Waals surface area contributed by atoms with Gasteiger partial charge in [0.25, 0.3) is 5.56 Å². The number of piperidine rings is 1. The second-order valence-electron chi connectivity index (χ2n) is 7.55. The molecule has 1 aromatic carbocycles. The maximum Gasteiger partial charge on any atom is 0.326 e. The molecule has 156 valence electrons. The van der Waals surface area contributed by atoms with E-state index in [9.17, 15) is 22.8 Å². The molecule has 1 aromatic heterocycles. The van der Waals surface area contributed by atoms with Crippen LogP contribution in [0.4, 0.5) is 0 Å². The van der Waals surface area contributed by atoms with E-state index >= 15 is 0 Å². The van der Waals surface area contributed by atoms with Gasteiger partial charge >= 0.3 is 5.69 Å². The van der Waals surface area contributed by atoms with E-state index < -0.39 is 21.3 Å². The highest BCUT2D eigenvalue weighted by Gasteiger charge is 2.37. The van der Waals surface area contributed by atoms with Crippen molar-refractivity contribution in [1.82, 2.24) is 19.2 Å². The normalized spacial score (nSPS) is 22.3. The third-order valence-corrected chi connectivity index (χ3v) is 7.76. The van der Waals surface area contributed by atoms with Crippen molar-refractivity contribution in [2.45, 2.75) is 42.7 Å². The second-order valence-corrected chi connectivity index (χ2v) is 9.49. The van der Waals surface area contributed by atoms with Crippen LogP contribution in [0.2, 0.25) is 0 Å². The number of nitrogens with two attached hydrogens (primary N) is 1. The quantitative estimate of drug-likeness (QED) is 0.595. The van der Waals surface area contributed by atoms with E-state index in [0.717, 1.165) is 19.4 Å². The van der Waals surface area contributed by atoms with Gasteiger partial charge in [0, 0.05) is 19.1 Å². The molecule has 10 nitrogen and oxygen atoms in total. The number of likely N-dealkylation sites (tertiary alicyclic amines) is 1. The SMILES string of the molecule is NC(=O)C1CCCN1C1CCN(S(=O)(=O)c2ccc3[nH]c(=O)[nH]c(=O)c3c2)CC1. The number of carbonyl (C=O) groups excluding carboxylic acids is 1. The van der Waals surface area contributed by atoms with Crippen LogP contribution in [0.15, 0.2) is 32.7 Å². The minimum Gasteiger partial charge on any atom is -0.368 e. The van der Waals surface area contributed by atoms with Gasteiger partial charge in [-0.3, -0.25) is 19.5 Å². The molecule has 0 saturated carbocycles. The van der Waals surface area contributed by atoms with E-state index in [2.05, 4.69) is 14.9 Å². The number of hydrogen-bond acceptors (Lipinski definition) is 6. The zero-order valence-corrected chi connectivity index (χ0v) is 16.6. The minimum atomic E-state index is -3.78. The molecule has 1 atom stereocenters. The number of amides is 1. The summed E-state index contributed by atoms with van der Waals surface area (Å²) in [4.78, 5) is 41.7. The Hall–Kier alpha value is -2.50. The first-order valence-corrected chi connectivity index (χ1v) is 11.0. The first-order chi connectivity index (χ1) is 13.8. The van der Waals surface area contributed by atoms with E-state index in [1.54, 1.807) is 0 Å². The zero-order valence-electron chi connectivity index (χ0n) is 15.8. The third kappa shape index (κ3) is 3.61. The van der Waals surface area contributed by atoms with Crippen molar-refractivity contribution in [3.63, 3.8) is 0 Å². The van der Waals surface area contributed by atoms with Crippen LogP contribution >= 0.6 is 0 Å². The summed E-state index contributed by atoms with van der Waals surface area (Å²) in [6.07, 6.45) is 2.90. The number of benzene rings is 1. The lowest BCUT2D eigenvalue weighted by atomic mass is 10.0. The summed E-state index contributed by atoms with van der Waals surface area (Å²) in [5.74, 6) is -0.322. The van der Waals surface area contributed by atoms with Gasteiger partial charge in [0.1, 0.15) is 0 Å². The molecule has 11 heteroatoms. The molecule has 29 heavy (non-hydrogen) atoms. The van der Waals surface area contributed by atoms with Crippen LogP contribution in [0.25, 0.3) is 10.9 Å². The maximum atomic E-state index is 13.1. The van der Waals surface area contributed by atoms with Crippen LogP contribution in [0.3, 0.4) is 0 Å². The van der Waals surface area contributed by atoms with Crippen molar-refractivity contribution in [1.29, 1.82) is 0 Å². The molecule has 2 fully saturated rings. The topological polar surface area (TPSA) is 149 Å². The summed E-state index contributed by atoms with van der Waals surface area (Å²) in [6.45, 7) is 1.46. The molecule has 0 aliphatic carbocycles. The number of sulfonamides is 1. The standard InChI is InChI=1S/C18H23N5O5S/c19-16(24)15-2-1-7-23(15)11-5-8-22(9-6-11)29(27,28)12-3-4-14-13(10-12)17(25)21-18(26)20-14/h3-4,10-11,15H,1-2,5-9H2,(H2,19,24)(H2,20,21,25,26). The highest BCUT2D eigenvalue weighted by molar-refractivity contribution is 7.89. The Morgan fingerprint density at radius 2 is 1.79 bits per heavy atom. The Bertz CT molecular complexity index is 1160. The molecular formula is C18H23N5O5S. The summed E-state index contributed by atoms with van der Waals surface area (Å²) in [5.41, 5.74) is 4.50. The number of nitrogens with zero attached hydrogens (tertiary/aromatic N) is 2. The van der Waals surface area contributed by atoms with Gasteiger partial charge in [-0.2, -0.15) is 4.31 Å². The van der Waals surface area contributed by atoms with Crippen molar-refractivity contribution in [3.8, 4) is 0 Å². The van der Waals surface area contributed by atoms with Crippen molar-refractivity contribution in [2.24, 2.45) is 5.73 Å². The van der Waals surface area contributed by atoms with Crippen molar-refractivity contribution >= 4 is 26.8 Å². The van der Waals surface area contributed by atoms with Gasteiger partial charge < -0.3 is 10.7 Å². The first kappa shape index (κ1) is 19.8. The number of rotatable bonds is 4. The smallest absolute Gasteiger partial charge is 0.326 e. The second kappa shape index (κ2) is 7.39. The summed E-state index contributed by atoms with van der Waals surface area (Å²) in [5, 5.41) is 0.113. The molecule has 1 amide bonds. The maximum absolute atomic E-state index is 13.1. The number of fused-ring (bicyclic) bond motifs is 1. The molecule has 2 aliphatic heterocycles. The fourth-order valence-electron chi connectivity index (χ4n) is 4.40. The van der Waals surface area contributed by atoms with E-state index in [4.69, 9.17) is 5.73 Å². The number of hydrogen-bond donors (Lipinski definition) is 3. The summed E-state index contributed by atoms with van der Waals surface area (Å²) in [6, 6.07) is 3.97. The Balaban J connectivity index is 1.53. The number of aromatic amines is 2. The van der Waals surface area contributed by atoms with Crippen LogP contribution in [-0.4, -0.2) is 65.2 Å². The first-order valence-electron chi connectivity index (χ1n) is 9.59. The molecular weight excluding hydrogens is 398 g/mol. The third-order valence-electron chi connectivity index (χ3n) is 5.86. The Morgan fingerprint density at radius 3 is 2.48 bits per heavy atom. The van der Waals surface area contributed by atoms with Crippen LogP contribution in [-0.2, 0) is 14.8 Å². The number of nitrogens with one attached hydrogen (secondary N) is 2. The molecule has 2 saturated heterocycles. The summed E-state index contributed by atoms with van der Waals surface area (Å²) < 4.78 is 27.5. The van der Waals surface area contributed by atoms with Gasteiger partial charge in [-0.1, -0.05) is 0 Å². The van der Waals surface area contributed by atoms with Gasteiger partial charge in [0.15, 0.2) is 0 Å². The average Bonchev–Trinajstić information content (AvgIpc) is 3.18. The number of primary amides is 1. The molecule has 4 N–H and O–H groups in total. The Kier molecular flexibility index (Phi) is 5.05. The average molecular weight is 421 g/mol. The number of carbonyl (C=O) groups is 1. The lowest BCUT2D eigenvalue weighted by Gasteiger charge is -2.38. The lowest BCUT2D eigenvalue weighted by molar-refractivity contribution is -0.123. The molecule has 2 aliphatic rings. The number of aromatic nitrogens is 2. The molecule has 2 aromatic rings. The van der Waals surface area contributed by atoms with Crippen LogP contribution in [0.5, 0.6) is 0 Å². The van der Waals surface area contributed by atoms with E-state index in [-0.39, 0.29) is 33.8 Å². The van der Waals surface area contributed by atoms with Crippen molar-refractivity contribution in [2.75, 3.05) is 19.6 Å². The highest BCUT2D eigenvalue weighted by atomic mass is 32.2. The van der Waals surface area contributed by atoms with Crippen LogP contribution in [0, 0.1) is 0 Å². The fourth-order valence-corrected chi connectivity index (χ4v) is 5.90. The lowest BCUT2D eigenvalue weighted by Crippen LogP contribution is -2.51. The molecule has 0 bridgehead atoms. The molecule has 3 heterocycles. The van der Waals surface area contributed by atoms with Gasteiger partial charge in [-0.25, -0.2) is 13.2 Å². The van der Waals surface area contributed by atoms with Crippen molar-refractivity contribution in [3.05, 3.63) is 39.0 Å². The predicted molar refractivity (Wildman–Crippen MR) is 106 cm³/mol. The van der Waals surface area contributed by atoms with Crippen LogP contribution in [0.1, 0.15) is 25.7 Å². The van der Waals surface area contributed by atoms with E-state index in [1.165, 1.54) is 22.5 Å². The minimum absolute atomic E-state index is 0.0113. The molecule has 4 rings (SSSR count).